The Balaban J connectivity index is 1.11. The molecule has 0 aliphatic carbocycles. The van der Waals surface area contributed by atoms with E-state index in [1.54, 1.807) is 4.52 Å². The van der Waals surface area contributed by atoms with E-state index < -0.39 is 0 Å². The number of benzene rings is 1. The molecule has 1 aromatic carbocycles. The Kier molecular flexibility index (Phi) is 6.74. The van der Waals surface area contributed by atoms with Crippen molar-refractivity contribution in [2.45, 2.75) is 32.7 Å². The molecular formula is C30H38N8O2. The minimum absolute atomic E-state index is 0.0479. The predicted octanol–water partition coefficient (Wildman–Crippen LogP) is 3.80. The zero-order valence-corrected chi connectivity index (χ0v) is 23.8. The molecule has 0 atom stereocenters. The lowest BCUT2D eigenvalue weighted by molar-refractivity contribution is 0.0467. The molecule has 3 aliphatic rings. The van der Waals surface area contributed by atoms with E-state index in [1.165, 1.54) is 0 Å². The van der Waals surface area contributed by atoms with Crippen LogP contribution in [-0.2, 0) is 0 Å². The highest BCUT2D eigenvalue weighted by molar-refractivity contribution is 5.94. The number of rotatable bonds is 5. The van der Waals surface area contributed by atoms with E-state index in [9.17, 15) is 9.59 Å². The van der Waals surface area contributed by atoms with Gasteiger partial charge in [-0.05, 0) is 75.0 Å². The summed E-state index contributed by atoms with van der Waals surface area (Å²) < 4.78 is 1.76. The van der Waals surface area contributed by atoms with Crippen molar-refractivity contribution in [1.29, 1.82) is 0 Å². The molecule has 3 amide bonds. The maximum atomic E-state index is 13.1. The molecule has 0 saturated carbocycles. The van der Waals surface area contributed by atoms with E-state index in [4.69, 9.17) is 4.98 Å². The van der Waals surface area contributed by atoms with Crippen LogP contribution < -0.4 is 5.32 Å². The molecule has 10 nitrogen and oxygen atoms in total. The molecule has 3 aromatic rings. The van der Waals surface area contributed by atoms with E-state index >= 15 is 0 Å². The zero-order chi connectivity index (χ0) is 28.0. The third-order valence-electron chi connectivity index (χ3n) is 8.35. The molecule has 2 aromatic heterocycles. The fraction of sp³-hybridized carbons (Fsp3) is 0.467. The second-order valence-electron chi connectivity index (χ2n) is 12.2. The van der Waals surface area contributed by atoms with Crippen molar-refractivity contribution < 1.29 is 9.59 Å². The summed E-state index contributed by atoms with van der Waals surface area (Å²) in [6, 6.07) is 11.8. The largest absolute Gasteiger partial charge is 0.339 e. The number of carbonyl (C=O) groups excluding carboxylic acids is 2. The number of urea groups is 1. The summed E-state index contributed by atoms with van der Waals surface area (Å²) in [6.45, 7) is 9.17. The maximum Gasteiger partial charge on any atom is 0.320 e. The van der Waals surface area contributed by atoms with Gasteiger partial charge in [0.15, 0.2) is 5.65 Å². The molecule has 0 radical (unpaired) electrons. The number of carbonyl (C=O) groups is 2. The molecule has 0 spiro atoms. The lowest BCUT2D eigenvalue weighted by Crippen LogP contribution is -2.58. The number of hydrogen-bond acceptors (Lipinski definition) is 6. The van der Waals surface area contributed by atoms with Crippen LogP contribution in [0.5, 0.6) is 0 Å². The molecule has 1 N–H and O–H groups in total. The average Bonchev–Trinajstić information content (AvgIpc) is 3.58. The number of aromatic nitrogens is 3. The Morgan fingerprint density at radius 3 is 2.48 bits per heavy atom. The number of anilines is 2. The number of pyridine rings is 1. The molecule has 210 valence electrons. The van der Waals surface area contributed by atoms with Crippen molar-refractivity contribution in [3.63, 3.8) is 0 Å². The molecule has 0 bridgehead atoms. The highest BCUT2D eigenvalue weighted by Crippen LogP contribution is 2.32. The Hall–Kier alpha value is -3.92. The number of fused-ring (bicyclic) bond motifs is 1. The summed E-state index contributed by atoms with van der Waals surface area (Å²) in [5.74, 6) is 0.524. The molecule has 6 rings (SSSR count). The molecule has 10 heteroatoms. The fourth-order valence-corrected chi connectivity index (χ4v) is 6.01. The second kappa shape index (κ2) is 10.2. The summed E-state index contributed by atoms with van der Waals surface area (Å²) in [6.07, 6.45) is 5.99. The van der Waals surface area contributed by atoms with Crippen LogP contribution in [-0.4, -0.2) is 106 Å². The predicted molar refractivity (Wildman–Crippen MR) is 156 cm³/mol. The van der Waals surface area contributed by atoms with Gasteiger partial charge in [0, 0.05) is 67.7 Å². The number of amides is 3. The van der Waals surface area contributed by atoms with E-state index in [-0.39, 0.29) is 23.4 Å². The number of piperidine rings is 1. The number of likely N-dealkylation sites (tertiary alicyclic amines) is 2. The number of hydrogen-bond donors (Lipinski definition) is 1. The van der Waals surface area contributed by atoms with Crippen molar-refractivity contribution in [1.82, 2.24) is 34.2 Å². The Labute approximate surface area is 235 Å². The molecule has 40 heavy (non-hydrogen) atoms. The van der Waals surface area contributed by atoms with Crippen LogP contribution in [0.3, 0.4) is 0 Å². The third-order valence-corrected chi connectivity index (χ3v) is 8.35. The summed E-state index contributed by atoms with van der Waals surface area (Å²) in [7, 11) is 4.03. The summed E-state index contributed by atoms with van der Waals surface area (Å²) in [5.41, 5.74) is 4.48. The van der Waals surface area contributed by atoms with Crippen molar-refractivity contribution >= 4 is 34.8 Å². The maximum absolute atomic E-state index is 13.1. The van der Waals surface area contributed by atoms with Gasteiger partial charge in [-0.2, -0.15) is 4.98 Å². The van der Waals surface area contributed by atoms with Gasteiger partial charge in [-0.1, -0.05) is 19.9 Å². The van der Waals surface area contributed by atoms with Crippen molar-refractivity contribution in [2.24, 2.45) is 5.41 Å². The van der Waals surface area contributed by atoms with Gasteiger partial charge in [0.2, 0.25) is 5.95 Å². The second-order valence-corrected chi connectivity index (χ2v) is 12.2. The van der Waals surface area contributed by atoms with E-state index in [0.717, 1.165) is 61.5 Å². The van der Waals surface area contributed by atoms with Crippen LogP contribution in [0.2, 0.25) is 0 Å². The molecule has 5 heterocycles. The molecular weight excluding hydrogens is 504 g/mol. The summed E-state index contributed by atoms with van der Waals surface area (Å²) in [5, 5.41) is 7.89. The van der Waals surface area contributed by atoms with Crippen LogP contribution in [0.1, 0.15) is 42.6 Å². The Morgan fingerprint density at radius 2 is 1.77 bits per heavy atom. The van der Waals surface area contributed by atoms with Gasteiger partial charge in [-0.25, -0.2) is 9.31 Å². The van der Waals surface area contributed by atoms with Gasteiger partial charge in [-0.15, -0.1) is 5.10 Å². The third kappa shape index (κ3) is 5.15. The van der Waals surface area contributed by atoms with Gasteiger partial charge in [0.25, 0.3) is 5.91 Å². The van der Waals surface area contributed by atoms with Crippen molar-refractivity contribution in [3.05, 3.63) is 59.8 Å². The highest BCUT2D eigenvalue weighted by atomic mass is 16.2. The molecule has 0 unspecified atom stereocenters. The van der Waals surface area contributed by atoms with Crippen LogP contribution in [0, 0.1) is 5.41 Å². The lowest BCUT2D eigenvalue weighted by Gasteiger charge is -2.47. The van der Waals surface area contributed by atoms with Crippen LogP contribution in [0.4, 0.5) is 16.4 Å². The van der Waals surface area contributed by atoms with Gasteiger partial charge in [-0.3, -0.25) is 4.79 Å². The number of nitrogens with zero attached hydrogens (tertiary/aromatic N) is 7. The minimum atomic E-state index is 0.0479. The Morgan fingerprint density at radius 1 is 1.05 bits per heavy atom. The van der Waals surface area contributed by atoms with Gasteiger partial charge in [0.1, 0.15) is 0 Å². The first-order valence-electron chi connectivity index (χ1n) is 14.1. The smallest absolute Gasteiger partial charge is 0.320 e. The van der Waals surface area contributed by atoms with E-state index in [1.807, 2.05) is 64.3 Å². The van der Waals surface area contributed by atoms with E-state index in [0.29, 0.717) is 24.6 Å². The minimum Gasteiger partial charge on any atom is -0.339 e. The average molecular weight is 543 g/mol. The normalized spacial score (nSPS) is 19.4. The fourth-order valence-electron chi connectivity index (χ4n) is 6.01. The van der Waals surface area contributed by atoms with Crippen molar-refractivity contribution in [3.8, 4) is 0 Å². The molecule has 2 saturated heterocycles. The van der Waals surface area contributed by atoms with Crippen LogP contribution >= 0.6 is 0 Å². The van der Waals surface area contributed by atoms with Crippen LogP contribution in [0.15, 0.2) is 48.7 Å². The summed E-state index contributed by atoms with van der Waals surface area (Å²) >= 11 is 0. The van der Waals surface area contributed by atoms with Crippen molar-refractivity contribution in [2.75, 3.05) is 58.7 Å². The van der Waals surface area contributed by atoms with E-state index in [2.05, 4.69) is 42.3 Å². The SMILES string of the molecule is CN1CCC(N(C)C(=O)c2ccc(Nc3nc4c(C5=CCN(C(=O)N6CC(C)(C)C6)C5)cccn4n3)cc2)CC1. The number of nitrogens with one attached hydrogen (secondary N) is 1. The first-order valence-corrected chi connectivity index (χ1v) is 14.1. The standard InChI is InChI=1S/C30H38N8O2/c1-30(2)19-37(20-30)29(40)36-17-11-22(18-36)25-6-5-14-38-26(25)32-28(33-38)31-23-9-7-21(8-10-23)27(39)35(4)24-12-15-34(3)16-13-24/h5-11,14,24H,12-13,15-20H2,1-4H3,(H,31,33). The lowest BCUT2D eigenvalue weighted by atomic mass is 9.85. The van der Waals surface area contributed by atoms with Crippen LogP contribution in [0.25, 0.3) is 11.2 Å². The molecule has 3 aliphatic heterocycles. The Bertz CT molecular complexity index is 1440. The summed E-state index contributed by atoms with van der Waals surface area (Å²) in [4.78, 5) is 38.7. The van der Waals surface area contributed by atoms with Gasteiger partial charge in [0.05, 0.1) is 0 Å². The zero-order valence-electron chi connectivity index (χ0n) is 23.8. The first-order chi connectivity index (χ1) is 19.2. The quantitative estimate of drug-likeness (QED) is 0.528. The highest BCUT2D eigenvalue weighted by Gasteiger charge is 2.39. The van der Waals surface area contributed by atoms with Gasteiger partial charge < -0.3 is 24.9 Å². The monoisotopic (exact) mass is 542 g/mol. The topological polar surface area (TPSA) is 89.3 Å². The molecule has 2 fully saturated rings. The first kappa shape index (κ1) is 26.3. The van der Waals surface area contributed by atoms with Gasteiger partial charge >= 0.3 is 6.03 Å².